The molecule has 1 unspecified atom stereocenters. The van der Waals surface area contributed by atoms with E-state index in [9.17, 15) is 0 Å². The lowest BCUT2D eigenvalue weighted by molar-refractivity contribution is 0.491. The van der Waals surface area contributed by atoms with Crippen molar-refractivity contribution < 1.29 is 0 Å². The summed E-state index contributed by atoms with van der Waals surface area (Å²) in [4.78, 5) is 0. The van der Waals surface area contributed by atoms with E-state index < -0.39 is 0 Å². The van der Waals surface area contributed by atoms with Gasteiger partial charge in [-0.1, -0.05) is 0 Å². The predicted octanol–water partition coefficient (Wildman–Crippen LogP) is 1.33. The first-order valence-electron chi connectivity index (χ1n) is 4.08. The average molecular weight is 224 g/mol. The maximum Gasteiger partial charge on any atom is 0.0522 e. The highest BCUT2D eigenvalue weighted by atomic mass is 35.5. The molecular weight excluding hydrogens is 209 g/mol. The van der Waals surface area contributed by atoms with Gasteiger partial charge in [0.15, 0.2) is 0 Å². The van der Waals surface area contributed by atoms with Gasteiger partial charge >= 0.3 is 0 Å². The van der Waals surface area contributed by atoms with E-state index in [0.717, 1.165) is 12.8 Å². The van der Waals surface area contributed by atoms with Gasteiger partial charge < -0.3 is 5.32 Å². The van der Waals surface area contributed by atoms with Gasteiger partial charge in [-0.2, -0.15) is 5.10 Å². The van der Waals surface area contributed by atoms with Gasteiger partial charge in [0.05, 0.1) is 6.20 Å². The van der Waals surface area contributed by atoms with Crippen molar-refractivity contribution in [3.05, 3.63) is 17.5 Å². The monoisotopic (exact) mass is 223 g/mol. The summed E-state index contributed by atoms with van der Waals surface area (Å²) in [7, 11) is 2.02. The third-order valence-electron chi connectivity index (χ3n) is 2.43. The Kier molecular flexibility index (Phi) is 5.37. The van der Waals surface area contributed by atoms with Crippen molar-refractivity contribution in [3.63, 3.8) is 0 Å². The van der Waals surface area contributed by atoms with Crippen molar-refractivity contribution in [1.29, 1.82) is 0 Å². The molecule has 2 N–H and O–H groups in total. The number of likely N-dealkylation sites (N-methyl/N-ethyl adjacent to an activating group) is 1. The maximum absolute atomic E-state index is 4.02. The molecule has 1 aliphatic rings. The SMILES string of the molecule is CNC1CCc2cn[nH]c2C1.Cl.Cl. The Hall–Kier alpha value is -0.250. The standard InChI is InChI=1S/C8H13N3.2ClH/c1-9-7-3-2-6-5-10-11-8(6)4-7;;/h5,7,9H,2-4H2,1H3,(H,10,11);2*1H. The molecule has 76 valence electrons. The lowest BCUT2D eigenvalue weighted by atomic mass is 9.94. The molecule has 1 aromatic heterocycles. The molecular formula is C8H15Cl2N3. The lowest BCUT2D eigenvalue weighted by Gasteiger charge is -2.20. The second kappa shape index (κ2) is 5.47. The molecule has 0 aromatic carbocycles. The van der Waals surface area contributed by atoms with Crippen molar-refractivity contribution in [2.45, 2.75) is 25.3 Å². The van der Waals surface area contributed by atoms with Crippen molar-refractivity contribution in [2.24, 2.45) is 0 Å². The van der Waals surface area contributed by atoms with E-state index in [1.165, 1.54) is 17.7 Å². The number of halogens is 2. The van der Waals surface area contributed by atoms with Crippen LogP contribution in [0.15, 0.2) is 6.20 Å². The van der Waals surface area contributed by atoms with Crippen molar-refractivity contribution in [3.8, 4) is 0 Å². The van der Waals surface area contributed by atoms with Crippen LogP contribution in [-0.4, -0.2) is 23.3 Å². The summed E-state index contributed by atoms with van der Waals surface area (Å²) < 4.78 is 0. The number of nitrogens with one attached hydrogen (secondary N) is 2. The summed E-state index contributed by atoms with van der Waals surface area (Å²) in [6.45, 7) is 0. The zero-order valence-corrected chi connectivity index (χ0v) is 9.17. The van der Waals surface area contributed by atoms with Crippen molar-refractivity contribution in [2.75, 3.05) is 7.05 Å². The summed E-state index contributed by atoms with van der Waals surface area (Å²) in [5.74, 6) is 0. The first kappa shape index (κ1) is 12.8. The molecule has 0 fully saturated rings. The van der Waals surface area contributed by atoms with E-state index in [1.807, 2.05) is 13.2 Å². The van der Waals surface area contributed by atoms with Crippen LogP contribution in [0.2, 0.25) is 0 Å². The van der Waals surface area contributed by atoms with Gasteiger partial charge in [0.1, 0.15) is 0 Å². The van der Waals surface area contributed by atoms with Crippen LogP contribution in [0.1, 0.15) is 17.7 Å². The normalized spacial score (nSPS) is 19.6. The third kappa shape index (κ3) is 2.59. The minimum absolute atomic E-state index is 0. The van der Waals surface area contributed by atoms with Crippen LogP contribution in [-0.2, 0) is 12.8 Å². The Balaban J connectivity index is 0.000000720. The molecule has 0 radical (unpaired) electrons. The highest BCUT2D eigenvalue weighted by molar-refractivity contribution is 5.85. The van der Waals surface area contributed by atoms with Crippen molar-refractivity contribution in [1.82, 2.24) is 15.5 Å². The molecule has 0 spiro atoms. The Morgan fingerprint density at radius 2 is 2.31 bits per heavy atom. The van der Waals surface area contributed by atoms with Gasteiger partial charge in [-0.25, -0.2) is 0 Å². The number of hydrogen-bond donors (Lipinski definition) is 2. The quantitative estimate of drug-likeness (QED) is 0.755. The van der Waals surface area contributed by atoms with E-state index in [4.69, 9.17) is 0 Å². The first-order valence-corrected chi connectivity index (χ1v) is 4.08. The number of nitrogens with zero attached hydrogens (tertiary/aromatic N) is 1. The first-order chi connectivity index (χ1) is 5.40. The van der Waals surface area contributed by atoms with Crippen LogP contribution < -0.4 is 5.32 Å². The molecule has 0 bridgehead atoms. The summed E-state index contributed by atoms with van der Waals surface area (Å²) in [6.07, 6.45) is 5.45. The van der Waals surface area contributed by atoms with Gasteiger partial charge in [-0.3, -0.25) is 5.10 Å². The number of aromatic nitrogens is 2. The number of H-pyrrole nitrogens is 1. The zero-order chi connectivity index (χ0) is 7.68. The number of fused-ring (bicyclic) bond motifs is 1. The molecule has 3 nitrogen and oxygen atoms in total. The predicted molar refractivity (Wildman–Crippen MR) is 58.0 cm³/mol. The summed E-state index contributed by atoms with van der Waals surface area (Å²) in [5, 5.41) is 10.3. The van der Waals surface area contributed by atoms with Gasteiger partial charge in [-0.05, 0) is 25.5 Å². The van der Waals surface area contributed by atoms with E-state index in [2.05, 4.69) is 15.5 Å². The fourth-order valence-electron chi connectivity index (χ4n) is 1.65. The minimum atomic E-state index is 0. The van der Waals surface area contributed by atoms with E-state index in [0.29, 0.717) is 6.04 Å². The average Bonchev–Trinajstić information content (AvgIpc) is 2.50. The molecule has 1 aromatic rings. The van der Waals surface area contributed by atoms with Gasteiger partial charge in [0, 0.05) is 18.2 Å². The largest absolute Gasteiger partial charge is 0.317 e. The number of rotatable bonds is 1. The molecule has 0 saturated carbocycles. The highest BCUT2D eigenvalue weighted by Gasteiger charge is 2.17. The molecule has 0 saturated heterocycles. The molecule has 13 heavy (non-hydrogen) atoms. The minimum Gasteiger partial charge on any atom is -0.317 e. The Morgan fingerprint density at radius 1 is 1.54 bits per heavy atom. The van der Waals surface area contributed by atoms with Crippen LogP contribution >= 0.6 is 24.8 Å². The third-order valence-corrected chi connectivity index (χ3v) is 2.43. The molecule has 0 aliphatic heterocycles. The second-order valence-corrected chi connectivity index (χ2v) is 3.10. The van der Waals surface area contributed by atoms with E-state index >= 15 is 0 Å². The maximum atomic E-state index is 4.02. The van der Waals surface area contributed by atoms with Crippen LogP contribution in [0.4, 0.5) is 0 Å². The van der Waals surface area contributed by atoms with Crippen LogP contribution in [0, 0.1) is 0 Å². The molecule has 1 heterocycles. The van der Waals surface area contributed by atoms with Gasteiger partial charge in [0.25, 0.3) is 0 Å². The number of aryl methyl sites for hydroxylation is 1. The smallest absolute Gasteiger partial charge is 0.0522 e. The fraction of sp³-hybridized carbons (Fsp3) is 0.625. The molecule has 2 rings (SSSR count). The summed E-state index contributed by atoms with van der Waals surface area (Å²) >= 11 is 0. The Morgan fingerprint density at radius 3 is 3.00 bits per heavy atom. The number of aromatic amines is 1. The second-order valence-electron chi connectivity index (χ2n) is 3.10. The topological polar surface area (TPSA) is 40.7 Å². The van der Waals surface area contributed by atoms with Gasteiger partial charge in [-0.15, -0.1) is 24.8 Å². The zero-order valence-electron chi connectivity index (χ0n) is 7.54. The lowest BCUT2D eigenvalue weighted by Crippen LogP contribution is -2.31. The van der Waals surface area contributed by atoms with E-state index in [1.54, 1.807) is 0 Å². The van der Waals surface area contributed by atoms with Crippen molar-refractivity contribution >= 4 is 24.8 Å². The Labute approximate surface area is 90.5 Å². The van der Waals surface area contributed by atoms with Crippen LogP contribution in [0.3, 0.4) is 0 Å². The van der Waals surface area contributed by atoms with Crippen LogP contribution in [0.5, 0.6) is 0 Å². The molecule has 5 heteroatoms. The molecule has 0 amide bonds. The molecule has 1 aliphatic carbocycles. The summed E-state index contributed by atoms with van der Waals surface area (Å²) in [5.41, 5.74) is 2.71. The van der Waals surface area contributed by atoms with Gasteiger partial charge in [0.2, 0.25) is 0 Å². The fourth-order valence-corrected chi connectivity index (χ4v) is 1.65. The Bertz CT molecular complexity index is 249. The molecule has 1 atom stereocenters. The number of hydrogen-bond acceptors (Lipinski definition) is 2. The van der Waals surface area contributed by atoms with E-state index in [-0.39, 0.29) is 24.8 Å². The van der Waals surface area contributed by atoms with Crippen LogP contribution in [0.25, 0.3) is 0 Å². The highest BCUT2D eigenvalue weighted by Crippen LogP contribution is 2.18. The summed E-state index contributed by atoms with van der Waals surface area (Å²) in [6, 6.07) is 0.642.